The minimum absolute atomic E-state index is 0. The maximum absolute atomic E-state index is 5.63. The molecule has 0 bridgehead atoms. The van der Waals surface area contributed by atoms with Gasteiger partial charge in [0.25, 0.3) is 0 Å². The molecule has 0 spiro atoms. The molecule has 0 aliphatic rings. The van der Waals surface area contributed by atoms with Gasteiger partial charge in [-0.1, -0.05) is 13.3 Å². The average Bonchev–Trinajstić information content (AvgIpc) is 1.80. The summed E-state index contributed by atoms with van der Waals surface area (Å²) in [7, 11) is 6.60. The van der Waals surface area contributed by atoms with E-state index in [0.29, 0.717) is 6.04 Å². The van der Waals surface area contributed by atoms with Gasteiger partial charge in [-0.3, -0.25) is 0 Å². The lowest BCUT2D eigenvalue weighted by Gasteiger charge is -2.33. The Balaban J connectivity index is 0. The smallest absolute Gasteiger partial charge is 0.101 e. The van der Waals surface area contributed by atoms with Crippen LogP contribution in [0.1, 0.15) is 19.8 Å². The van der Waals surface area contributed by atoms with Crippen LogP contribution in [0.15, 0.2) is 0 Å². The lowest BCUT2D eigenvalue weighted by Crippen LogP contribution is -2.49. The summed E-state index contributed by atoms with van der Waals surface area (Å²) in [6.45, 7) is 3.01. The van der Waals surface area contributed by atoms with Gasteiger partial charge in [0.2, 0.25) is 0 Å². The van der Waals surface area contributed by atoms with Crippen molar-refractivity contribution in [2.45, 2.75) is 25.8 Å². The summed E-state index contributed by atoms with van der Waals surface area (Å²) >= 11 is 0. The predicted octanol–water partition coefficient (Wildman–Crippen LogP) is 1.24. The third kappa shape index (κ3) is 5.48. The molecule has 2 nitrogen and oxygen atoms in total. The molecule has 2 N–H and O–H groups in total. The lowest BCUT2D eigenvalue weighted by molar-refractivity contribution is -0.894. The first-order valence-electron chi connectivity index (χ1n) is 4.03. The average molecular weight is 182 g/mol. The maximum Gasteiger partial charge on any atom is 0.101 e. The Labute approximate surface area is 76.8 Å². The van der Waals surface area contributed by atoms with Crippen LogP contribution >= 0.6 is 12.4 Å². The summed E-state index contributed by atoms with van der Waals surface area (Å²) in [5, 5.41) is 0. The molecule has 0 heterocycles. The number of nitrogens with two attached hydrogens (primary N) is 1. The van der Waals surface area contributed by atoms with Crippen molar-refractivity contribution in [2.75, 3.05) is 27.7 Å². The third-order valence-corrected chi connectivity index (χ3v) is 1.99. The summed E-state index contributed by atoms with van der Waals surface area (Å²) in [5.41, 5.74) is 5.63. The van der Waals surface area contributed by atoms with E-state index in [9.17, 15) is 0 Å². The molecule has 11 heavy (non-hydrogen) atoms. The van der Waals surface area contributed by atoms with Gasteiger partial charge in [-0.15, -0.1) is 12.4 Å². The van der Waals surface area contributed by atoms with E-state index in [1.807, 2.05) is 0 Å². The Morgan fingerprint density at radius 2 is 1.73 bits per heavy atom. The Bertz CT molecular complexity index is 88.6. The quantitative estimate of drug-likeness (QED) is 0.650. The van der Waals surface area contributed by atoms with Crippen molar-refractivity contribution >= 4 is 12.4 Å². The number of quaternary nitrogens is 1. The maximum atomic E-state index is 5.63. The standard InChI is InChI=1S/C8H21N2.ClH/c1-5-6-8(7-9)10(2,3)4;/h8H,5-7,9H2,1-4H3;1H/q+1;. The molecule has 0 amide bonds. The SMILES string of the molecule is CCCC(CN)[N+](C)(C)C.Cl. The molecule has 0 aliphatic heterocycles. The van der Waals surface area contributed by atoms with Gasteiger partial charge >= 0.3 is 0 Å². The number of nitrogens with zero attached hydrogens (tertiary/aromatic N) is 1. The van der Waals surface area contributed by atoms with Crippen molar-refractivity contribution < 1.29 is 4.48 Å². The van der Waals surface area contributed by atoms with Crippen LogP contribution in [0.25, 0.3) is 0 Å². The van der Waals surface area contributed by atoms with Crippen molar-refractivity contribution in [3.05, 3.63) is 0 Å². The number of rotatable bonds is 4. The second-order valence-corrected chi connectivity index (χ2v) is 3.79. The molecule has 0 fully saturated rings. The highest BCUT2D eigenvalue weighted by Gasteiger charge is 2.20. The molecule has 0 aliphatic carbocycles. The van der Waals surface area contributed by atoms with Crippen LogP contribution in [0, 0.1) is 0 Å². The fourth-order valence-electron chi connectivity index (χ4n) is 1.15. The summed E-state index contributed by atoms with van der Waals surface area (Å²) < 4.78 is 0.990. The molecule has 0 aromatic heterocycles. The van der Waals surface area contributed by atoms with Gasteiger partial charge in [-0.05, 0) is 0 Å². The van der Waals surface area contributed by atoms with E-state index < -0.39 is 0 Å². The van der Waals surface area contributed by atoms with Gasteiger partial charge in [0.05, 0.1) is 21.1 Å². The molecule has 0 radical (unpaired) electrons. The molecule has 0 aromatic rings. The monoisotopic (exact) mass is 181 g/mol. The summed E-state index contributed by atoms with van der Waals surface area (Å²) in [5.74, 6) is 0. The zero-order chi connectivity index (χ0) is 8.20. The van der Waals surface area contributed by atoms with Gasteiger partial charge < -0.3 is 10.2 Å². The highest BCUT2D eigenvalue weighted by atomic mass is 35.5. The minimum atomic E-state index is 0. The van der Waals surface area contributed by atoms with Crippen LogP contribution in [0.4, 0.5) is 0 Å². The van der Waals surface area contributed by atoms with Gasteiger partial charge in [0.1, 0.15) is 6.04 Å². The topological polar surface area (TPSA) is 26.0 Å². The first-order chi connectivity index (χ1) is 4.52. The van der Waals surface area contributed by atoms with Gasteiger partial charge in [-0.2, -0.15) is 0 Å². The van der Waals surface area contributed by atoms with E-state index in [1.54, 1.807) is 0 Å². The molecule has 0 saturated carbocycles. The fourth-order valence-corrected chi connectivity index (χ4v) is 1.15. The highest BCUT2D eigenvalue weighted by molar-refractivity contribution is 5.85. The van der Waals surface area contributed by atoms with Gasteiger partial charge in [0.15, 0.2) is 0 Å². The van der Waals surface area contributed by atoms with E-state index in [-0.39, 0.29) is 12.4 Å². The largest absolute Gasteiger partial charge is 0.327 e. The number of hydrogen-bond donors (Lipinski definition) is 1. The van der Waals surface area contributed by atoms with Gasteiger partial charge in [0, 0.05) is 13.0 Å². The molecule has 1 atom stereocenters. The fraction of sp³-hybridized carbons (Fsp3) is 1.00. The Kier molecular flexibility index (Phi) is 7.28. The molecule has 0 rings (SSSR count). The molecule has 1 unspecified atom stereocenters. The van der Waals surface area contributed by atoms with E-state index in [4.69, 9.17) is 5.73 Å². The van der Waals surface area contributed by atoms with Crippen molar-refractivity contribution in [2.24, 2.45) is 5.73 Å². The van der Waals surface area contributed by atoms with Crippen molar-refractivity contribution in [3.8, 4) is 0 Å². The molecule has 70 valence electrons. The van der Waals surface area contributed by atoms with Crippen LogP contribution in [0.5, 0.6) is 0 Å². The van der Waals surface area contributed by atoms with E-state index in [0.717, 1.165) is 11.0 Å². The second-order valence-electron chi connectivity index (χ2n) is 3.79. The second kappa shape index (κ2) is 5.81. The molecular formula is C8H22ClN2+. The Morgan fingerprint density at radius 1 is 1.27 bits per heavy atom. The van der Waals surface area contributed by atoms with Crippen LogP contribution < -0.4 is 5.73 Å². The summed E-state index contributed by atoms with van der Waals surface area (Å²) in [6, 6.07) is 0.630. The Morgan fingerprint density at radius 3 is 1.82 bits per heavy atom. The van der Waals surface area contributed by atoms with E-state index >= 15 is 0 Å². The molecular weight excluding hydrogens is 160 g/mol. The number of likely N-dealkylation sites (N-methyl/N-ethyl adjacent to an activating group) is 1. The van der Waals surface area contributed by atoms with Crippen molar-refractivity contribution in [3.63, 3.8) is 0 Å². The molecule has 0 aromatic carbocycles. The normalized spacial score (nSPS) is 13.9. The lowest BCUT2D eigenvalue weighted by atomic mass is 10.1. The van der Waals surface area contributed by atoms with Crippen LogP contribution in [-0.2, 0) is 0 Å². The zero-order valence-electron chi connectivity index (χ0n) is 8.13. The third-order valence-electron chi connectivity index (χ3n) is 1.99. The highest BCUT2D eigenvalue weighted by Crippen LogP contribution is 2.07. The molecule has 3 heteroatoms. The molecule has 0 saturated heterocycles. The minimum Gasteiger partial charge on any atom is -0.327 e. The Hall–Kier alpha value is 0.210. The van der Waals surface area contributed by atoms with E-state index in [1.165, 1.54) is 12.8 Å². The van der Waals surface area contributed by atoms with Crippen molar-refractivity contribution in [1.29, 1.82) is 0 Å². The van der Waals surface area contributed by atoms with Crippen molar-refractivity contribution in [1.82, 2.24) is 0 Å². The zero-order valence-corrected chi connectivity index (χ0v) is 8.95. The first-order valence-corrected chi connectivity index (χ1v) is 4.03. The van der Waals surface area contributed by atoms with E-state index in [2.05, 4.69) is 28.1 Å². The number of hydrogen-bond acceptors (Lipinski definition) is 1. The number of halogens is 1. The van der Waals surface area contributed by atoms with Crippen LogP contribution in [0.2, 0.25) is 0 Å². The summed E-state index contributed by atoms with van der Waals surface area (Å²) in [6.07, 6.45) is 2.47. The first kappa shape index (κ1) is 13.8. The predicted molar refractivity (Wildman–Crippen MR) is 53.0 cm³/mol. The van der Waals surface area contributed by atoms with Crippen LogP contribution in [-0.4, -0.2) is 38.2 Å². The summed E-state index contributed by atoms with van der Waals surface area (Å²) in [4.78, 5) is 0. The van der Waals surface area contributed by atoms with Crippen LogP contribution in [0.3, 0.4) is 0 Å². The van der Waals surface area contributed by atoms with Gasteiger partial charge in [-0.25, -0.2) is 0 Å².